The molecule has 0 amide bonds. The number of carbonyl (C=O) groups is 1. The number of hydrogen-bond acceptors (Lipinski definition) is 3. The zero-order valence-corrected chi connectivity index (χ0v) is 9.89. The summed E-state index contributed by atoms with van der Waals surface area (Å²) in [5, 5.41) is 0. The van der Waals surface area contributed by atoms with Crippen molar-refractivity contribution in [2.24, 2.45) is 5.92 Å². The predicted octanol–water partition coefficient (Wildman–Crippen LogP) is 2.52. The number of rotatable bonds is 3. The highest BCUT2D eigenvalue weighted by Gasteiger charge is 2.29. The normalized spacial score (nSPS) is 20.4. The first-order chi connectivity index (χ1) is 7.74. The Bertz CT molecular complexity index is 376. The lowest BCUT2D eigenvalue weighted by molar-refractivity contribution is 0.112. The molecule has 16 heavy (non-hydrogen) atoms. The molecule has 2 heterocycles. The second kappa shape index (κ2) is 4.64. The van der Waals surface area contributed by atoms with Gasteiger partial charge in [0.15, 0.2) is 6.29 Å². The van der Waals surface area contributed by atoms with Gasteiger partial charge in [0, 0.05) is 18.8 Å². The Labute approximate surface area is 96.5 Å². The summed E-state index contributed by atoms with van der Waals surface area (Å²) >= 11 is 0. The van der Waals surface area contributed by atoms with E-state index in [1.54, 1.807) is 6.20 Å². The molecule has 0 aromatic carbocycles. The molecule has 1 aromatic heterocycles. The average molecular weight is 218 g/mol. The van der Waals surface area contributed by atoms with Crippen LogP contribution < -0.4 is 4.90 Å². The molecule has 1 fully saturated rings. The van der Waals surface area contributed by atoms with Gasteiger partial charge in [-0.3, -0.25) is 4.79 Å². The van der Waals surface area contributed by atoms with E-state index in [1.165, 1.54) is 12.8 Å². The van der Waals surface area contributed by atoms with Gasteiger partial charge in [0.1, 0.15) is 5.82 Å². The van der Waals surface area contributed by atoms with E-state index in [2.05, 4.69) is 23.7 Å². The molecule has 0 saturated carbocycles. The smallest absolute Gasteiger partial charge is 0.153 e. The molecule has 0 aliphatic carbocycles. The molecule has 3 nitrogen and oxygen atoms in total. The van der Waals surface area contributed by atoms with Gasteiger partial charge in [-0.25, -0.2) is 4.98 Å². The fourth-order valence-corrected chi connectivity index (χ4v) is 2.49. The molecule has 86 valence electrons. The van der Waals surface area contributed by atoms with Crippen LogP contribution in [0.3, 0.4) is 0 Å². The van der Waals surface area contributed by atoms with Gasteiger partial charge in [-0.15, -0.1) is 0 Å². The summed E-state index contributed by atoms with van der Waals surface area (Å²) in [4.78, 5) is 17.6. The van der Waals surface area contributed by atoms with E-state index in [1.807, 2.05) is 12.1 Å². The van der Waals surface area contributed by atoms with Crippen LogP contribution in [0.4, 0.5) is 5.82 Å². The van der Waals surface area contributed by atoms with E-state index in [0.717, 1.165) is 18.6 Å². The van der Waals surface area contributed by atoms with E-state index in [-0.39, 0.29) is 0 Å². The standard InChI is InChI=1S/C13H18N2O/c1-10(2)12-6-4-8-15(12)13-11(9-16)5-3-7-14-13/h3,5,7,9-10,12H,4,6,8H2,1-2H3. The topological polar surface area (TPSA) is 33.2 Å². The van der Waals surface area contributed by atoms with Crippen molar-refractivity contribution < 1.29 is 4.79 Å². The van der Waals surface area contributed by atoms with Crippen LogP contribution in [0.25, 0.3) is 0 Å². The lowest BCUT2D eigenvalue weighted by Gasteiger charge is -2.29. The van der Waals surface area contributed by atoms with E-state index < -0.39 is 0 Å². The molecule has 1 unspecified atom stereocenters. The number of anilines is 1. The number of nitrogens with zero attached hydrogens (tertiary/aromatic N) is 2. The van der Waals surface area contributed by atoms with Crippen LogP contribution in [0.15, 0.2) is 18.3 Å². The molecule has 1 atom stereocenters. The van der Waals surface area contributed by atoms with Gasteiger partial charge in [0.05, 0.1) is 5.56 Å². The fourth-order valence-electron chi connectivity index (χ4n) is 2.49. The van der Waals surface area contributed by atoms with Crippen LogP contribution >= 0.6 is 0 Å². The monoisotopic (exact) mass is 218 g/mol. The number of hydrogen-bond donors (Lipinski definition) is 0. The third kappa shape index (κ3) is 1.94. The van der Waals surface area contributed by atoms with Crippen molar-refractivity contribution in [1.82, 2.24) is 4.98 Å². The summed E-state index contributed by atoms with van der Waals surface area (Å²) in [5.74, 6) is 1.46. The molecule has 1 saturated heterocycles. The third-order valence-electron chi connectivity index (χ3n) is 3.28. The van der Waals surface area contributed by atoms with Crippen LogP contribution in [0.2, 0.25) is 0 Å². The molecule has 2 rings (SSSR count). The summed E-state index contributed by atoms with van der Waals surface area (Å²) in [6.45, 7) is 5.47. The van der Waals surface area contributed by atoms with Crippen molar-refractivity contribution in [2.45, 2.75) is 32.7 Å². The van der Waals surface area contributed by atoms with Crippen molar-refractivity contribution in [3.05, 3.63) is 23.9 Å². The molecule has 1 aliphatic rings. The van der Waals surface area contributed by atoms with E-state index in [0.29, 0.717) is 17.5 Å². The second-order valence-electron chi connectivity index (χ2n) is 4.68. The summed E-state index contributed by atoms with van der Waals surface area (Å²) in [7, 11) is 0. The fraction of sp³-hybridized carbons (Fsp3) is 0.538. The van der Waals surface area contributed by atoms with Crippen LogP contribution in [0, 0.1) is 5.92 Å². The van der Waals surface area contributed by atoms with Crippen molar-refractivity contribution >= 4 is 12.1 Å². The molecule has 0 radical (unpaired) electrons. The summed E-state index contributed by atoms with van der Waals surface area (Å²) in [5.41, 5.74) is 0.704. The quantitative estimate of drug-likeness (QED) is 0.731. The van der Waals surface area contributed by atoms with E-state index in [4.69, 9.17) is 0 Å². The maximum Gasteiger partial charge on any atom is 0.153 e. The van der Waals surface area contributed by atoms with Gasteiger partial charge < -0.3 is 4.90 Å². The maximum absolute atomic E-state index is 11.0. The third-order valence-corrected chi connectivity index (χ3v) is 3.28. The van der Waals surface area contributed by atoms with Crippen LogP contribution in [0.1, 0.15) is 37.0 Å². The lowest BCUT2D eigenvalue weighted by Crippen LogP contribution is -2.34. The van der Waals surface area contributed by atoms with Crippen LogP contribution in [0.5, 0.6) is 0 Å². The number of pyridine rings is 1. The van der Waals surface area contributed by atoms with Gasteiger partial charge in [0.2, 0.25) is 0 Å². The van der Waals surface area contributed by atoms with Crippen molar-refractivity contribution in [2.75, 3.05) is 11.4 Å². The Morgan fingerprint density at radius 2 is 2.38 bits per heavy atom. The number of carbonyl (C=O) groups excluding carboxylic acids is 1. The Hall–Kier alpha value is -1.38. The Morgan fingerprint density at radius 1 is 1.56 bits per heavy atom. The largest absolute Gasteiger partial charge is 0.353 e. The Morgan fingerprint density at radius 3 is 3.06 bits per heavy atom. The predicted molar refractivity (Wildman–Crippen MR) is 64.8 cm³/mol. The highest BCUT2D eigenvalue weighted by atomic mass is 16.1. The lowest BCUT2D eigenvalue weighted by atomic mass is 10.0. The Balaban J connectivity index is 2.32. The van der Waals surface area contributed by atoms with Gasteiger partial charge in [-0.2, -0.15) is 0 Å². The SMILES string of the molecule is CC(C)C1CCCN1c1ncccc1C=O. The first kappa shape index (κ1) is 11.1. The van der Waals surface area contributed by atoms with E-state index in [9.17, 15) is 4.79 Å². The van der Waals surface area contributed by atoms with Crippen molar-refractivity contribution in [3.8, 4) is 0 Å². The summed E-state index contributed by atoms with van der Waals surface area (Å²) < 4.78 is 0. The minimum absolute atomic E-state index is 0.522. The van der Waals surface area contributed by atoms with Gasteiger partial charge in [-0.05, 0) is 30.9 Å². The highest BCUT2D eigenvalue weighted by molar-refractivity contribution is 5.82. The van der Waals surface area contributed by atoms with Crippen LogP contribution in [-0.2, 0) is 0 Å². The zero-order chi connectivity index (χ0) is 11.5. The average Bonchev–Trinajstić information content (AvgIpc) is 2.77. The summed E-state index contributed by atoms with van der Waals surface area (Å²) in [6, 6.07) is 4.17. The number of aromatic nitrogens is 1. The van der Waals surface area contributed by atoms with Gasteiger partial charge >= 0.3 is 0 Å². The van der Waals surface area contributed by atoms with Crippen molar-refractivity contribution in [1.29, 1.82) is 0 Å². The Kier molecular flexibility index (Phi) is 3.22. The first-order valence-electron chi connectivity index (χ1n) is 5.91. The molecular weight excluding hydrogens is 200 g/mol. The molecule has 1 aromatic rings. The summed E-state index contributed by atoms with van der Waals surface area (Å²) in [6.07, 6.45) is 5.06. The second-order valence-corrected chi connectivity index (χ2v) is 4.68. The maximum atomic E-state index is 11.0. The van der Waals surface area contributed by atoms with Crippen LogP contribution in [-0.4, -0.2) is 23.9 Å². The molecule has 1 aliphatic heterocycles. The minimum Gasteiger partial charge on any atom is -0.353 e. The molecule has 0 N–H and O–H groups in total. The minimum atomic E-state index is 0.522. The van der Waals surface area contributed by atoms with Crippen molar-refractivity contribution in [3.63, 3.8) is 0 Å². The molecule has 0 spiro atoms. The van der Waals surface area contributed by atoms with Gasteiger partial charge in [-0.1, -0.05) is 13.8 Å². The molecule has 3 heteroatoms. The van der Waals surface area contributed by atoms with E-state index >= 15 is 0 Å². The highest BCUT2D eigenvalue weighted by Crippen LogP contribution is 2.29. The molecule has 0 bridgehead atoms. The molecular formula is C13H18N2O. The van der Waals surface area contributed by atoms with Gasteiger partial charge in [0.25, 0.3) is 0 Å². The zero-order valence-electron chi connectivity index (χ0n) is 9.89. The first-order valence-corrected chi connectivity index (χ1v) is 5.91. The number of aldehydes is 1.